The zero-order chi connectivity index (χ0) is 35.3. The van der Waals surface area contributed by atoms with Crippen LogP contribution in [0.15, 0.2) is 12.3 Å². The Hall–Kier alpha value is -3.77. The maximum Gasteiger partial charge on any atom is 0.289 e. The summed E-state index contributed by atoms with van der Waals surface area (Å²) in [5, 5.41) is 18.1. The Kier molecular flexibility index (Phi) is 11.8. The van der Waals surface area contributed by atoms with Gasteiger partial charge in [0, 0.05) is 18.3 Å². The second-order valence-electron chi connectivity index (χ2n) is 15.7. The normalized spacial score (nSPS) is 24.6. The Morgan fingerprint density at radius 3 is 2.24 bits per heavy atom. The molecule has 3 saturated carbocycles. The summed E-state index contributed by atoms with van der Waals surface area (Å²) in [7, 11) is 0. The third kappa shape index (κ3) is 8.88. The molecule has 1 aliphatic heterocycles. The molecule has 4 aliphatic rings. The standard InChI is InChI=1S/C36H55N7O6/c1-5-11-24(29(44)34(48)38-23-16-17-23)39-32(46)27-20-22-14-9-10-15-26(22)43(27)35(49)30(36(2,3)4)41-33(47)28(21-12-7-6-8-13-21)40-31(45)25-18-19-37-42-25/h18-19,21-24,26-28,30H,5-17,20H2,1-4H3,(H,37,42)(H,38,48)(H,39,46)(H,40,45)(H,41,47)/t22-,24-,26-,27-,28-,30+/m0/s1. The van der Waals surface area contributed by atoms with Crippen molar-refractivity contribution in [1.82, 2.24) is 36.4 Å². The van der Waals surface area contributed by atoms with Crippen molar-refractivity contribution in [3.05, 3.63) is 18.0 Å². The first-order valence-corrected chi connectivity index (χ1v) is 18.5. The van der Waals surface area contributed by atoms with Crippen LogP contribution in [0.25, 0.3) is 0 Å². The molecule has 1 aromatic rings. The Balaban J connectivity index is 1.37. The van der Waals surface area contributed by atoms with Crippen LogP contribution in [0.3, 0.4) is 0 Å². The smallest absolute Gasteiger partial charge is 0.289 e. The lowest BCUT2D eigenvalue weighted by molar-refractivity contribution is -0.147. The Bertz CT molecular complexity index is 1360. The van der Waals surface area contributed by atoms with Gasteiger partial charge in [0.05, 0.1) is 6.04 Å². The van der Waals surface area contributed by atoms with Crippen molar-refractivity contribution in [3.63, 3.8) is 0 Å². The van der Waals surface area contributed by atoms with Gasteiger partial charge in [0.15, 0.2) is 0 Å². The second kappa shape index (κ2) is 15.8. The molecule has 49 heavy (non-hydrogen) atoms. The summed E-state index contributed by atoms with van der Waals surface area (Å²) >= 11 is 0. The van der Waals surface area contributed by atoms with E-state index >= 15 is 0 Å². The van der Waals surface area contributed by atoms with Crippen LogP contribution < -0.4 is 21.3 Å². The first kappa shape index (κ1) is 36.5. The summed E-state index contributed by atoms with van der Waals surface area (Å²) < 4.78 is 0. The van der Waals surface area contributed by atoms with Crippen LogP contribution in [0.2, 0.25) is 0 Å². The van der Waals surface area contributed by atoms with Gasteiger partial charge in [0.25, 0.3) is 11.8 Å². The average Bonchev–Trinajstić information content (AvgIpc) is 3.55. The number of likely N-dealkylation sites (tertiary alicyclic amines) is 1. The van der Waals surface area contributed by atoms with Crippen LogP contribution in [0.5, 0.6) is 0 Å². The summed E-state index contributed by atoms with van der Waals surface area (Å²) in [6.07, 6.45) is 12.6. The highest BCUT2D eigenvalue weighted by molar-refractivity contribution is 6.38. The van der Waals surface area contributed by atoms with Crippen molar-refractivity contribution in [3.8, 4) is 0 Å². The highest BCUT2D eigenvalue weighted by Crippen LogP contribution is 2.41. The molecule has 4 fully saturated rings. The fourth-order valence-corrected chi connectivity index (χ4v) is 7.98. The minimum atomic E-state index is -0.983. The molecule has 6 atom stereocenters. The number of ketones is 1. The van der Waals surface area contributed by atoms with Gasteiger partial charge >= 0.3 is 0 Å². The first-order chi connectivity index (χ1) is 23.4. The quantitative estimate of drug-likeness (QED) is 0.198. The molecule has 5 amide bonds. The largest absolute Gasteiger partial charge is 0.347 e. The molecule has 0 spiro atoms. The highest BCUT2D eigenvalue weighted by Gasteiger charge is 2.51. The monoisotopic (exact) mass is 681 g/mol. The van der Waals surface area contributed by atoms with E-state index in [1.807, 2.05) is 27.7 Å². The van der Waals surface area contributed by atoms with E-state index in [9.17, 15) is 28.8 Å². The number of carbonyl (C=O) groups excluding carboxylic acids is 6. The summed E-state index contributed by atoms with van der Waals surface area (Å²) in [6.45, 7) is 7.53. The average molecular weight is 682 g/mol. The second-order valence-corrected chi connectivity index (χ2v) is 15.7. The lowest BCUT2D eigenvalue weighted by atomic mass is 9.81. The van der Waals surface area contributed by atoms with Crippen LogP contribution in [-0.2, 0) is 24.0 Å². The van der Waals surface area contributed by atoms with E-state index < -0.39 is 59.0 Å². The predicted molar refractivity (Wildman–Crippen MR) is 182 cm³/mol. The number of hydrogen-bond acceptors (Lipinski definition) is 7. The zero-order valence-electron chi connectivity index (χ0n) is 29.5. The summed E-state index contributed by atoms with van der Waals surface area (Å²) in [5.41, 5.74) is -0.483. The molecule has 0 bridgehead atoms. The summed E-state index contributed by atoms with van der Waals surface area (Å²) in [6, 6.07) is -2.27. The number of nitrogens with zero attached hydrogens (tertiary/aromatic N) is 2. The van der Waals surface area contributed by atoms with Crippen LogP contribution in [0, 0.1) is 17.3 Å². The third-order valence-corrected chi connectivity index (χ3v) is 10.8. The Morgan fingerprint density at radius 1 is 0.918 bits per heavy atom. The van der Waals surface area contributed by atoms with Crippen molar-refractivity contribution in [1.29, 1.82) is 0 Å². The molecule has 0 aromatic carbocycles. The van der Waals surface area contributed by atoms with Gasteiger partial charge in [-0.2, -0.15) is 5.10 Å². The van der Waals surface area contributed by atoms with Crippen LogP contribution >= 0.6 is 0 Å². The molecular formula is C36H55N7O6. The van der Waals surface area contributed by atoms with Crippen molar-refractivity contribution < 1.29 is 28.8 Å². The molecule has 5 N–H and O–H groups in total. The van der Waals surface area contributed by atoms with E-state index in [0.29, 0.717) is 19.3 Å². The molecule has 13 nitrogen and oxygen atoms in total. The van der Waals surface area contributed by atoms with Crippen molar-refractivity contribution in [2.75, 3.05) is 0 Å². The molecule has 2 heterocycles. The molecular weight excluding hydrogens is 626 g/mol. The van der Waals surface area contributed by atoms with Crippen molar-refractivity contribution in [2.24, 2.45) is 17.3 Å². The number of H-pyrrole nitrogens is 1. The van der Waals surface area contributed by atoms with Gasteiger partial charge in [-0.05, 0) is 74.7 Å². The third-order valence-electron chi connectivity index (χ3n) is 10.8. The van der Waals surface area contributed by atoms with Gasteiger partial charge < -0.3 is 26.2 Å². The fourth-order valence-electron chi connectivity index (χ4n) is 7.98. The van der Waals surface area contributed by atoms with Gasteiger partial charge in [-0.15, -0.1) is 0 Å². The number of fused-ring (bicyclic) bond motifs is 1. The Labute approximate surface area is 289 Å². The molecule has 0 unspecified atom stereocenters. The lowest BCUT2D eigenvalue weighted by Gasteiger charge is -2.40. The predicted octanol–water partition coefficient (Wildman–Crippen LogP) is 2.91. The van der Waals surface area contributed by atoms with Crippen LogP contribution in [0.1, 0.15) is 128 Å². The molecule has 270 valence electrons. The highest BCUT2D eigenvalue weighted by atomic mass is 16.2. The molecule has 13 heteroatoms. The molecule has 1 aromatic heterocycles. The Morgan fingerprint density at radius 2 is 1.61 bits per heavy atom. The molecule has 5 rings (SSSR count). The van der Waals surface area contributed by atoms with E-state index in [1.165, 1.54) is 6.20 Å². The van der Waals surface area contributed by atoms with Gasteiger partial charge in [-0.1, -0.05) is 66.2 Å². The molecule has 0 radical (unpaired) electrons. The number of nitrogens with one attached hydrogen (secondary N) is 5. The minimum Gasteiger partial charge on any atom is -0.347 e. The van der Waals surface area contributed by atoms with Gasteiger partial charge in [0.2, 0.25) is 23.5 Å². The van der Waals surface area contributed by atoms with Crippen molar-refractivity contribution in [2.45, 2.75) is 154 Å². The minimum absolute atomic E-state index is 0.0153. The number of carbonyl (C=O) groups is 6. The first-order valence-electron chi connectivity index (χ1n) is 18.5. The maximum atomic E-state index is 14.8. The number of aromatic amines is 1. The van der Waals surface area contributed by atoms with Crippen LogP contribution in [0.4, 0.5) is 0 Å². The van der Waals surface area contributed by atoms with Gasteiger partial charge in [-0.3, -0.25) is 33.9 Å². The van der Waals surface area contributed by atoms with E-state index in [4.69, 9.17) is 0 Å². The zero-order valence-corrected chi connectivity index (χ0v) is 29.5. The number of aromatic nitrogens is 2. The van der Waals surface area contributed by atoms with Gasteiger partial charge in [0.1, 0.15) is 23.8 Å². The molecule has 3 aliphatic carbocycles. The SMILES string of the molecule is CCC[C@H](NC(=O)[C@@H]1C[C@@H]2CCCC[C@@H]2N1C(=O)[C@@H](NC(=O)[C@@H](NC(=O)c1ccn[nH]1)C1CCCCC1)C(C)(C)C)C(=O)C(=O)NC1CC1. The molecule has 1 saturated heterocycles. The van der Waals surface area contributed by atoms with Crippen LogP contribution in [-0.4, -0.2) is 86.7 Å². The number of rotatable bonds is 13. The fraction of sp³-hybridized carbons (Fsp3) is 0.750. The van der Waals surface area contributed by atoms with E-state index in [2.05, 4.69) is 31.5 Å². The number of Topliss-reactive ketones (excluding diaryl/α,β-unsaturated/α-hetero) is 1. The number of amides is 5. The topological polar surface area (TPSA) is 182 Å². The van der Waals surface area contributed by atoms with E-state index in [1.54, 1.807) is 11.0 Å². The van der Waals surface area contributed by atoms with E-state index in [0.717, 1.165) is 70.6 Å². The van der Waals surface area contributed by atoms with Gasteiger partial charge in [-0.25, -0.2) is 0 Å². The summed E-state index contributed by atoms with van der Waals surface area (Å²) in [5.74, 6) is -2.98. The maximum absolute atomic E-state index is 14.8. The van der Waals surface area contributed by atoms with E-state index in [-0.39, 0.29) is 35.5 Å². The number of hydrogen-bond donors (Lipinski definition) is 5. The summed E-state index contributed by atoms with van der Waals surface area (Å²) in [4.78, 5) is 83.6. The lowest BCUT2D eigenvalue weighted by Crippen LogP contribution is -2.63. The van der Waals surface area contributed by atoms with Crippen molar-refractivity contribution >= 4 is 35.3 Å².